The molecule has 0 heterocycles. The molecule has 0 saturated heterocycles. The van der Waals surface area contributed by atoms with Crippen LogP contribution in [0.2, 0.25) is 0 Å². The first-order chi connectivity index (χ1) is 9.32. The van der Waals surface area contributed by atoms with Crippen molar-refractivity contribution in [2.75, 3.05) is 7.05 Å². The zero-order valence-corrected chi connectivity index (χ0v) is 11.1. The summed E-state index contributed by atoms with van der Waals surface area (Å²) in [6.07, 6.45) is 0.456. The van der Waals surface area contributed by atoms with Crippen LogP contribution in [0.25, 0.3) is 0 Å². The van der Waals surface area contributed by atoms with Crippen LogP contribution in [0.4, 0.5) is 8.78 Å². The second kappa shape index (κ2) is 5.19. The number of hydrogen-bond acceptors (Lipinski definition) is 2. The van der Waals surface area contributed by atoms with Gasteiger partial charge in [0.05, 0.1) is 0 Å². The summed E-state index contributed by atoms with van der Waals surface area (Å²) in [7, 11) is 1.41. The number of carboxylic acids is 1. The number of carboxylic acid groups (broad SMARTS) is 1. The van der Waals surface area contributed by atoms with E-state index in [0.717, 1.165) is 17.0 Å². The minimum absolute atomic E-state index is 0.299. The van der Waals surface area contributed by atoms with Gasteiger partial charge in [-0.05, 0) is 30.9 Å². The Balaban J connectivity index is 2.08. The van der Waals surface area contributed by atoms with Gasteiger partial charge in [-0.25, -0.2) is 13.6 Å². The predicted molar refractivity (Wildman–Crippen MR) is 67.1 cm³/mol. The zero-order valence-electron chi connectivity index (χ0n) is 11.1. The molecule has 0 bridgehead atoms. The molecule has 1 amide bonds. The number of hydrogen-bond donors (Lipinski definition) is 1. The number of carbonyl (C=O) groups excluding carboxylic acids is 1. The van der Waals surface area contributed by atoms with Crippen LogP contribution in [-0.4, -0.2) is 35.0 Å². The fourth-order valence-corrected chi connectivity index (χ4v) is 2.23. The molecular weight excluding hydrogens is 268 g/mol. The fourth-order valence-electron chi connectivity index (χ4n) is 2.23. The van der Waals surface area contributed by atoms with Crippen molar-refractivity contribution in [2.24, 2.45) is 5.92 Å². The molecule has 4 nitrogen and oxygen atoms in total. The van der Waals surface area contributed by atoms with Crippen LogP contribution in [0, 0.1) is 17.6 Å². The van der Waals surface area contributed by atoms with E-state index in [9.17, 15) is 18.4 Å². The maximum atomic E-state index is 13.6. The summed E-state index contributed by atoms with van der Waals surface area (Å²) < 4.78 is 26.4. The number of amides is 1. The molecule has 0 spiro atoms. The summed E-state index contributed by atoms with van der Waals surface area (Å²) in [5.41, 5.74) is 0.307. The summed E-state index contributed by atoms with van der Waals surface area (Å²) in [5, 5.41) is 8.87. The minimum Gasteiger partial charge on any atom is -0.480 e. The first-order valence-corrected chi connectivity index (χ1v) is 6.27. The van der Waals surface area contributed by atoms with Gasteiger partial charge in [0.1, 0.15) is 17.7 Å². The third-order valence-corrected chi connectivity index (χ3v) is 3.76. The van der Waals surface area contributed by atoms with Crippen molar-refractivity contribution < 1.29 is 23.5 Å². The molecule has 0 unspecified atom stereocenters. The quantitative estimate of drug-likeness (QED) is 0.919. The predicted octanol–water partition coefficient (Wildman–Crippen LogP) is 2.00. The largest absolute Gasteiger partial charge is 0.480 e. The Morgan fingerprint density at radius 2 is 2.05 bits per heavy atom. The van der Waals surface area contributed by atoms with Crippen molar-refractivity contribution >= 4 is 11.9 Å². The van der Waals surface area contributed by atoms with E-state index in [1.807, 2.05) is 0 Å². The van der Waals surface area contributed by atoms with Gasteiger partial charge in [-0.3, -0.25) is 4.79 Å². The number of likely N-dealkylation sites (N-methyl/N-ethyl adjacent to an activating group) is 1. The molecule has 1 fully saturated rings. The molecule has 20 heavy (non-hydrogen) atoms. The molecule has 1 aromatic carbocycles. The summed E-state index contributed by atoms with van der Waals surface area (Å²) in [6.45, 7) is 1.41. The standard InChI is InChI=1S/C14H15F2NO3/c1-7(14(19)20)17(2)13(18)11-6-10(11)9-4-3-8(15)5-12(9)16/h3-5,7,10-11H,6H2,1-2H3,(H,19,20)/t7-,10+,11+/m1/s1. The van der Waals surface area contributed by atoms with E-state index in [1.54, 1.807) is 0 Å². The fraction of sp³-hybridized carbons (Fsp3) is 0.429. The molecular formula is C14H15F2NO3. The highest BCUT2D eigenvalue weighted by atomic mass is 19.1. The van der Waals surface area contributed by atoms with Gasteiger partial charge >= 0.3 is 5.97 Å². The average Bonchev–Trinajstić information content (AvgIpc) is 3.16. The van der Waals surface area contributed by atoms with Crippen LogP contribution in [0.5, 0.6) is 0 Å². The average molecular weight is 283 g/mol. The number of halogens is 2. The van der Waals surface area contributed by atoms with Crippen LogP contribution >= 0.6 is 0 Å². The highest BCUT2D eigenvalue weighted by Gasteiger charge is 2.47. The molecule has 108 valence electrons. The Labute approximate surface area is 115 Å². The second-order valence-electron chi connectivity index (χ2n) is 5.08. The van der Waals surface area contributed by atoms with Crippen molar-refractivity contribution in [3.8, 4) is 0 Å². The van der Waals surface area contributed by atoms with Gasteiger partial charge in [-0.15, -0.1) is 0 Å². The van der Waals surface area contributed by atoms with Gasteiger partial charge in [0, 0.05) is 19.0 Å². The van der Waals surface area contributed by atoms with Gasteiger partial charge in [0.25, 0.3) is 0 Å². The monoisotopic (exact) mass is 283 g/mol. The van der Waals surface area contributed by atoms with E-state index in [2.05, 4.69) is 0 Å². The third-order valence-electron chi connectivity index (χ3n) is 3.76. The molecule has 0 radical (unpaired) electrons. The van der Waals surface area contributed by atoms with Crippen molar-refractivity contribution in [3.63, 3.8) is 0 Å². The molecule has 1 aliphatic rings. The van der Waals surface area contributed by atoms with Crippen LogP contribution in [0.3, 0.4) is 0 Å². The SMILES string of the molecule is C[C@H](C(=O)O)N(C)C(=O)[C@H]1C[C@H]1c1ccc(F)cc1F. The van der Waals surface area contributed by atoms with Crippen LogP contribution < -0.4 is 0 Å². The topological polar surface area (TPSA) is 57.6 Å². The Bertz CT molecular complexity index is 561. The Morgan fingerprint density at radius 3 is 2.60 bits per heavy atom. The molecule has 6 heteroatoms. The summed E-state index contributed by atoms with van der Waals surface area (Å²) >= 11 is 0. The van der Waals surface area contributed by atoms with E-state index in [1.165, 1.54) is 20.0 Å². The minimum atomic E-state index is -1.09. The normalized spacial score (nSPS) is 22.2. The molecule has 1 aromatic rings. The van der Waals surface area contributed by atoms with Crippen molar-refractivity contribution in [3.05, 3.63) is 35.4 Å². The molecule has 2 rings (SSSR count). The molecule has 0 aromatic heterocycles. The lowest BCUT2D eigenvalue weighted by molar-refractivity contribution is -0.148. The maximum absolute atomic E-state index is 13.6. The lowest BCUT2D eigenvalue weighted by Crippen LogP contribution is -2.41. The maximum Gasteiger partial charge on any atom is 0.326 e. The van der Waals surface area contributed by atoms with E-state index in [-0.39, 0.29) is 11.8 Å². The van der Waals surface area contributed by atoms with E-state index in [4.69, 9.17) is 5.11 Å². The number of rotatable bonds is 4. The lowest BCUT2D eigenvalue weighted by Gasteiger charge is -2.21. The van der Waals surface area contributed by atoms with Gasteiger partial charge in [-0.2, -0.15) is 0 Å². The molecule has 1 N–H and O–H groups in total. The van der Waals surface area contributed by atoms with Crippen molar-refractivity contribution in [1.82, 2.24) is 4.90 Å². The summed E-state index contributed by atoms with van der Waals surface area (Å²) in [5.74, 6) is -3.47. The van der Waals surface area contributed by atoms with E-state index < -0.39 is 29.6 Å². The van der Waals surface area contributed by atoms with Crippen LogP contribution in [-0.2, 0) is 9.59 Å². The number of carbonyl (C=O) groups is 2. The number of nitrogens with zero attached hydrogens (tertiary/aromatic N) is 1. The number of aliphatic carboxylic acids is 1. The van der Waals surface area contributed by atoms with E-state index in [0.29, 0.717) is 12.0 Å². The zero-order chi connectivity index (χ0) is 15.0. The Morgan fingerprint density at radius 1 is 1.40 bits per heavy atom. The molecule has 1 saturated carbocycles. The summed E-state index contributed by atoms with van der Waals surface area (Å²) in [4.78, 5) is 24.1. The summed E-state index contributed by atoms with van der Waals surface area (Å²) in [6, 6.07) is 2.35. The van der Waals surface area contributed by atoms with Gasteiger partial charge in [0.2, 0.25) is 5.91 Å². The van der Waals surface area contributed by atoms with Crippen LogP contribution in [0.15, 0.2) is 18.2 Å². The second-order valence-corrected chi connectivity index (χ2v) is 5.08. The Hall–Kier alpha value is -1.98. The smallest absolute Gasteiger partial charge is 0.326 e. The van der Waals surface area contributed by atoms with Crippen molar-refractivity contribution in [1.29, 1.82) is 0 Å². The van der Waals surface area contributed by atoms with Gasteiger partial charge in [-0.1, -0.05) is 6.07 Å². The highest BCUT2D eigenvalue weighted by molar-refractivity contribution is 5.87. The third kappa shape index (κ3) is 2.64. The first kappa shape index (κ1) is 14.4. The molecule has 3 atom stereocenters. The molecule has 1 aliphatic carbocycles. The molecule has 0 aliphatic heterocycles. The van der Waals surface area contributed by atoms with Crippen LogP contribution in [0.1, 0.15) is 24.8 Å². The van der Waals surface area contributed by atoms with Gasteiger partial charge in [0.15, 0.2) is 0 Å². The van der Waals surface area contributed by atoms with Crippen molar-refractivity contribution in [2.45, 2.75) is 25.3 Å². The highest BCUT2D eigenvalue weighted by Crippen LogP contribution is 2.49. The van der Waals surface area contributed by atoms with E-state index >= 15 is 0 Å². The first-order valence-electron chi connectivity index (χ1n) is 6.27. The lowest BCUT2D eigenvalue weighted by atomic mass is 10.1. The number of benzene rings is 1. The Kier molecular flexibility index (Phi) is 3.74. The van der Waals surface area contributed by atoms with Gasteiger partial charge < -0.3 is 10.0 Å².